The summed E-state index contributed by atoms with van der Waals surface area (Å²) >= 11 is 1.08. The Kier molecular flexibility index (Phi) is 7.44. The summed E-state index contributed by atoms with van der Waals surface area (Å²) in [6, 6.07) is 12.6. The lowest BCUT2D eigenvalue weighted by atomic mass is 10.2. The number of thioether (sulfide) groups is 1. The number of para-hydroxylation sites is 1. The maximum atomic E-state index is 13.5. The molecular formula is C21H20FN7O4S. The number of benzene rings is 2. The van der Waals surface area contributed by atoms with Crippen LogP contribution in [0, 0.1) is 15.9 Å². The average molecular weight is 486 g/mol. The summed E-state index contributed by atoms with van der Waals surface area (Å²) in [7, 11) is 0. The molecule has 1 aliphatic heterocycles. The van der Waals surface area contributed by atoms with E-state index in [2.05, 4.69) is 25.6 Å². The predicted molar refractivity (Wildman–Crippen MR) is 125 cm³/mol. The molecule has 1 fully saturated rings. The van der Waals surface area contributed by atoms with Gasteiger partial charge in [-0.3, -0.25) is 14.9 Å². The maximum absolute atomic E-state index is 13.5. The van der Waals surface area contributed by atoms with Crippen LogP contribution in [-0.2, 0) is 9.53 Å². The van der Waals surface area contributed by atoms with Crippen molar-refractivity contribution in [3.8, 4) is 0 Å². The molecule has 1 aliphatic rings. The molecule has 4 rings (SSSR count). The van der Waals surface area contributed by atoms with Gasteiger partial charge in [0.1, 0.15) is 0 Å². The van der Waals surface area contributed by atoms with Gasteiger partial charge in [0, 0.05) is 30.5 Å². The number of anilines is 4. The summed E-state index contributed by atoms with van der Waals surface area (Å²) < 4.78 is 18.9. The van der Waals surface area contributed by atoms with Gasteiger partial charge in [0.2, 0.25) is 23.6 Å². The number of carbonyl (C=O) groups excluding carboxylic acids is 1. The zero-order valence-electron chi connectivity index (χ0n) is 17.8. The van der Waals surface area contributed by atoms with E-state index in [-0.39, 0.29) is 11.4 Å². The highest BCUT2D eigenvalue weighted by Crippen LogP contribution is 2.24. The number of halogens is 1. The van der Waals surface area contributed by atoms with Crippen molar-refractivity contribution in [3.05, 3.63) is 64.5 Å². The van der Waals surface area contributed by atoms with Gasteiger partial charge in [-0.05, 0) is 24.3 Å². The first-order valence-electron chi connectivity index (χ1n) is 10.3. The number of aromatic nitrogens is 3. The van der Waals surface area contributed by atoms with Crippen LogP contribution in [0.25, 0.3) is 0 Å². The first kappa shape index (κ1) is 23.3. The van der Waals surface area contributed by atoms with Gasteiger partial charge in [0.25, 0.3) is 0 Å². The number of rotatable bonds is 8. The Bertz CT molecular complexity index is 1180. The topological polar surface area (TPSA) is 135 Å². The maximum Gasteiger partial charge on any atom is 0.306 e. The second kappa shape index (κ2) is 10.9. The predicted octanol–water partition coefficient (Wildman–Crippen LogP) is 3.23. The molecule has 13 heteroatoms. The Morgan fingerprint density at radius 2 is 1.88 bits per heavy atom. The summed E-state index contributed by atoms with van der Waals surface area (Å²) in [4.78, 5) is 37.8. The quantitative estimate of drug-likeness (QED) is 0.278. The van der Waals surface area contributed by atoms with Crippen LogP contribution in [0.2, 0.25) is 0 Å². The van der Waals surface area contributed by atoms with E-state index in [9.17, 15) is 19.3 Å². The van der Waals surface area contributed by atoms with Gasteiger partial charge in [-0.25, -0.2) is 0 Å². The van der Waals surface area contributed by atoms with Crippen molar-refractivity contribution < 1.29 is 18.8 Å². The molecule has 2 heterocycles. The molecule has 0 aliphatic carbocycles. The smallest absolute Gasteiger partial charge is 0.306 e. The van der Waals surface area contributed by atoms with Crippen LogP contribution in [0.15, 0.2) is 53.7 Å². The number of nitrogens with one attached hydrogen (secondary N) is 2. The summed E-state index contributed by atoms with van der Waals surface area (Å²) in [6.07, 6.45) is 0. The van der Waals surface area contributed by atoms with Gasteiger partial charge < -0.3 is 20.3 Å². The van der Waals surface area contributed by atoms with E-state index in [4.69, 9.17) is 4.74 Å². The Labute approximate surface area is 197 Å². The van der Waals surface area contributed by atoms with E-state index < -0.39 is 22.3 Å². The van der Waals surface area contributed by atoms with Gasteiger partial charge in [-0.2, -0.15) is 19.3 Å². The fourth-order valence-electron chi connectivity index (χ4n) is 3.08. The summed E-state index contributed by atoms with van der Waals surface area (Å²) in [6.45, 7) is 2.37. The van der Waals surface area contributed by atoms with Crippen LogP contribution in [-0.4, -0.2) is 57.8 Å². The van der Waals surface area contributed by atoms with E-state index in [1.807, 2.05) is 35.2 Å². The Hall–Kier alpha value is -3.84. The molecule has 0 atom stereocenters. The number of hydrogen-bond donors (Lipinski definition) is 2. The van der Waals surface area contributed by atoms with Crippen LogP contribution in [0.5, 0.6) is 0 Å². The van der Waals surface area contributed by atoms with Crippen LogP contribution >= 0.6 is 11.8 Å². The number of carbonyl (C=O) groups is 1. The van der Waals surface area contributed by atoms with Crippen molar-refractivity contribution in [2.45, 2.75) is 5.16 Å². The van der Waals surface area contributed by atoms with Gasteiger partial charge in [-0.15, -0.1) is 0 Å². The fourth-order valence-corrected chi connectivity index (χ4v) is 3.71. The van der Waals surface area contributed by atoms with Crippen molar-refractivity contribution in [3.63, 3.8) is 0 Å². The number of hydrogen-bond acceptors (Lipinski definition) is 10. The minimum absolute atomic E-state index is 0.0669. The molecule has 1 saturated heterocycles. The molecular weight excluding hydrogens is 465 g/mol. The van der Waals surface area contributed by atoms with E-state index in [0.717, 1.165) is 29.6 Å². The van der Waals surface area contributed by atoms with E-state index in [1.165, 1.54) is 6.07 Å². The average Bonchev–Trinajstić information content (AvgIpc) is 2.85. The van der Waals surface area contributed by atoms with Crippen LogP contribution in [0.3, 0.4) is 0 Å². The van der Waals surface area contributed by atoms with Gasteiger partial charge in [0.15, 0.2) is 5.16 Å². The van der Waals surface area contributed by atoms with E-state index in [1.54, 1.807) is 0 Å². The first-order valence-corrected chi connectivity index (χ1v) is 11.2. The number of amides is 1. The molecule has 1 aromatic heterocycles. The summed E-state index contributed by atoms with van der Waals surface area (Å²) in [5, 5.41) is 16.9. The Morgan fingerprint density at radius 3 is 2.62 bits per heavy atom. The van der Waals surface area contributed by atoms with Gasteiger partial charge in [-0.1, -0.05) is 30.0 Å². The number of ether oxygens (including phenoxy) is 1. The van der Waals surface area contributed by atoms with Crippen LogP contribution < -0.4 is 15.5 Å². The summed E-state index contributed by atoms with van der Waals surface area (Å²) in [5.74, 6) is -0.690. The molecule has 176 valence electrons. The molecule has 2 aromatic carbocycles. The van der Waals surface area contributed by atoms with Gasteiger partial charge in [0.05, 0.1) is 23.9 Å². The number of nitrogens with zero attached hydrogens (tertiary/aromatic N) is 5. The van der Waals surface area contributed by atoms with Crippen molar-refractivity contribution >= 4 is 46.6 Å². The second-order valence-corrected chi connectivity index (χ2v) is 8.03. The zero-order chi connectivity index (χ0) is 23.9. The normalized spacial score (nSPS) is 13.4. The lowest BCUT2D eigenvalue weighted by molar-refractivity contribution is -0.387. The molecule has 11 nitrogen and oxygen atoms in total. The van der Waals surface area contributed by atoms with E-state index in [0.29, 0.717) is 43.4 Å². The summed E-state index contributed by atoms with van der Waals surface area (Å²) in [5.41, 5.74) is 0.206. The minimum Gasteiger partial charge on any atom is -0.378 e. The SMILES string of the molecule is O=C(CSc1nc(Nc2ccccc2)nc(N2CCOCC2)n1)Nc1ccc(F)c([N+](=O)[O-])c1. The molecule has 34 heavy (non-hydrogen) atoms. The lowest BCUT2D eigenvalue weighted by Gasteiger charge is -2.27. The fraction of sp³-hybridized carbons (Fsp3) is 0.238. The monoisotopic (exact) mass is 485 g/mol. The third-order valence-corrected chi connectivity index (χ3v) is 5.53. The van der Waals surface area contributed by atoms with Crippen LogP contribution in [0.1, 0.15) is 0 Å². The zero-order valence-corrected chi connectivity index (χ0v) is 18.6. The van der Waals surface area contributed by atoms with Gasteiger partial charge >= 0.3 is 5.69 Å². The molecule has 1 amide bonds. The number of nitro benzene ring substituents is 1. The third-order valence-electron chi connectivity index (χ3n) is 4.69. The minimum atomic E-state index is -0.975. The molecule has 0 spiro atoms. The highest BCUT2D eigenvalue weighted by molar-refractivity contribution is 7.99. The standard InChI is InChI=1S/C21H20FN7O4S/c22-16-7-6-15(12-17(16)29(31)32)23-18(30)13-34-21-26-19(24-14-4-2-1-3-5-14)25-20(27-21)28-8-10-33-11-9-28/h1-7,12H,8-11,13H2,(H,23,30)(H,24,25,26,27). The van der Waals surface area contributed by atoms with Crippen molar-refractivity contribution in [1.82, 2.24) is 15.0 Å². The lowest BCUT2D eigenvalue weighted by Crippen LogP contribution is -2.37. The number of morpholine rings is 1. The first-order chi connectivity index (χ1) is 16.5. The van der Waals surface area contributed by atoms with Crippen molar-refractivity contribution in [2.75, 3.05) is 47.6 Å². The number of nitro groups is 1. The highest BCUT2D eigenvalue weighted by atomic mass is 32.2. The molecule has 0 radical (unpaired) electrons. The molecule has 0 unspecified atom stereocenters. The van der Waals surface area contributed by atoms with Crippen molar-refractivity contribution in [1.29, 1.82) is 0 Å². The van der Waals surface area contributed by atoms with Crippen LogP contribution in [0.4, 0.5) is 33.3 Å². The third kappa shape index (κ3) is 6.14. The van der Waals surface area contributed by atoms with E-state index >= 15 is 0 Å². The highest BCUT2D eigenvalue weighted by Gasteiger charge is 2.19. The molecule has 2 N–H and O–H groups in total. The molecule has 3 aromatic rings. The molecule has 0 bridgehead atoms. The Morgan fingerprint density at radius 1 is 1.12 bits per heavy atom. The van der Waals surface area contributed by atoms with Crippen molar-refractivity contribution in [2.24, 2.45) is 0 Å². The molecule has 0 saturated carbocycles. The Balaban J connectivity index is 1.47. The largest absolute Gasteiger partial charge is 0.378 e. The second-order valence-electron chi connectivity index (χ2n) is 7.09.